The first kappa shape index (κ1) is 10.7. The van der Waals surface area contributed by atoms with Crippen LogP contribution in [-0.4, -0.2) is 18.4 Å². The summed E-state index contributed by atoms with van der Waals surface area (Å²) in [4.78, 5) is 5.05. The molecule has 0 aliphatic heterocycles. The van der Waals surface area contributed by atoms with Crippen molar-refractivity contribution >= 4 is 6.21 Å². The summed E-state index contributed by atoms with van der Waals surface area (Å²) in [5, 5.41) is 3.82. The SMILES string of the molecule is CC(C)(N)CO/N=C/c1ccccc1. The van der Waals surface area contributed by atoms with Crippen molar-refractivity contribution in [1.29, 1.82) is 0 Å². The van der Waals surface area contributed by atoms with Crippen molar-refractivity contribution in [3.63, 3.8) is 0 Å². The molecule has 3 heteroatoms. The van der Waals surface area contributed by atoms with Gasteiger partial charge in [-0.2, -0.15) is 0 Å². The number of hydrogen-bond acceptors (Lipinski definition) is 3. The molecular formula is C11H16N2O. The highest BCUT2D eigenvalue weighted by atomic mass is 16.6. The first-order valence-electron chi connectivity index (χ1n) is 4.57. The van der Waals surface area contributed by atoms with Crippen molar-refractivity contribution in [3.05, 3.63) is 35.9 Å². The molecule has 2 N–H and O–H groups in total. The maximum absolute atomic E-state index is 5.72. The second kappa shape index (κ2) is 4.77. The Bertz CT molecular complexity index is 288. The van der Waals surface area contributed by atoms with Gasteiger partial charge in [-0.15, -0.1) is 0 Å². The Morgan fingerprint density at radius 1 is 1.36 bits per heavy atom. The molecule has 0 aliphatic rings. The monoisotopic (exact) mass is 192 g/mol. The molecule has 1 aromatic rings. The highest BCUT2D eigenvalue weighted by molar-refractivity contribution is 5.78. The second-order valence-electron chi connectivity index (χ2n) is 3.91. The van der Waals surface area contributed by atoms with Crippen LogP contribution in [0, 0.1) is 0 Å². The molecule has 0 heterocycles. The number of benzene rings is 1. The molecule has 1 rings (SSSR count). The van der Waals surface area contributed by atoms with Gasteiger partial charge in [-0.1, -0.05) is 35.5 Å². The molecule has 0 saturated carbocycles. The molecular weight excluding hydrogens is 176 g/mol. The fraction of sp³-hybridized carbons (Fsp3) is 0.364. The predicted octanol–water partition coefficient (Wildman–Crippen LogP) is 1.77. The number of nitrogens with two attached hydrogens (primary N) is 1. The van der Waals surface area contributed by atoms with Gasteiger partial charge in [0, 0.05) is 5.54 Å². The highest BCUT2D eigenvalue weighted by Crippen LogP contribution is 1.98. The third-order valence-corrected chi connectivity index (χ3v) is 1.51. The molecule has 0 bridgehead atoms. The van der Waals surface area contributed by atoms with Crippen LogP contribution in [0.4, 0.5) is 0 Å². The third kappa shape index (κ3) is 4.62. The highest BCUT2D eigenvalue weighted by Gasteiger charge is 2.10. The van der Waals surface area contributed by atoms with Gasteiger partial charge in [-0.3, -0.25) is 0 Å². The second-order valence-corrected chi connectivity index (χ2v) is 3.91. The summed E-state index contributed by atoms with van der Waals surface area (Å²) >= 11 is 0. The average molecular weight is 192 g/mol. The Labute approximate surface area is 84.6 Å². The van der Waals surface area contributed by atoms with E-state index in [9.17, 15) is 0 Å². The Hall–Kier alpha value is -1.35. The molecule has 0 unspecified atom stereocenters. The lowest BCUT2D eigenvalue weighted by molar-refractivity contribution is 0.106. The Balaban J connectivity index is 2.35. The zero-order chi connectivity index (χ0) is 10.4. The Kier molecular flexibility index (Phi) is 3.65. The third-order valence-electron chi connectivity index (χ3n) is 1.51. The maximum Gasteiger partial charge on any atom is 0.134 e. The summed E-state index contributed by atoms with van der Waals surface area (Å²) in [6.07, 6.45) is 1.67. The van der Waals surface area contributed by atoms with E-state index in [1.54, 1.807) is 6.21 Å². The fourth-order valence-corrected chi connectivity index (χ4v) is 0.841. The van der Waals surface area contributed by atoms with Gasteiger partial charge in [0.25, 0.3) is 0 Å². The van der Waals surface area contributed by atoms with Gasteiger partial charge >= 0.3 is 0 Å². The van der Waals surface area contributed by atoms with Crippen LogP contribution in [0.5, 0.6) is 0 Å². The normalized spacial score (nSPS) is 11.9. The van der Waals surface area contributed by atoms with E-state index >= 15 is 0 Å². The number of hydrogen-bond donors (Lipinski definition) is 1. The summed E-state index contributed by atoms with van der Waals surface area (Å²) in [5.74, 6) is 0. The van der Waals surface area contributed by atoms with Crippen LogP contribution in [0.2, 0.25) is 0 Å². The molecule has 14 heavy (non-hydrogen) atoms. The zero-order valence-electron chi connectivity index (χ0n) is 8.60. The predicted molar refractivity (Wildman–Crippen MR) is 58.3 cm³/mol. The molecule has 0 atom stereocenters. The molecule has 0 spiro atoms. The first-order chi connectivity index (χ1) is 6.58. The minimum absolute atomic E-state index is 0.339. The minimum atomic E-state index is -0.339. The lowest BCUT2D eigenvalue weighted by atomic mass is 10.1. The summed E-state index contributed by atoms with van der Waals surface area (Å²) in [5.41, 5.74) is 6.39. The van der Waals surface area contributed by atoms with Crippen molar-refractivity contribution < 1.29 is 4.84 Å². The summed E-state index contributed by atoms with van der Waals surface area (Å²) in [6, 6.07) is 9.78. The standard InChI is InChI=1S/C11H16N2O/c1-11(2,12)9-14-13-8-10-6-4-3-5-7-10/h3-8H,9,12H2,1-2H3/b13-8+. The van der Waals surface area contributed by atoms with E-state index in [-0.39, 0.29) is 5.54 Å². The summed E-state index contributed by atoms with van der Waals surface area (Å²) in [7, 11) is 0. The largest absolute Gasteiger partial charge is 0.394 e. The van der Waals surface area contributed by atoms with E-state index < -0.39 is 0 Å². The maximum atomic E-state index is 5.72. The molecule has 0 radical (unpaired) electrons. The molecule has 0 amide bonds. The lowest BCUT2D eigenvalue weighted by Gasteiger charge is -2.15. The van der Waals surface area contributed by atoms with Crippen LogP contribution in [0.3, 0.4) is 0 Å². The van der Waals surface area contributed by atoms with Gasteiger partial charge < -0.3 is 10.6 Å². The number of rotatable bonds is 4. The Morgan fingerprint density at radius 2 is 2.00 bits per heavy atom. The van der Waals surface area contributed by atoms with E-state index in [1.165, 1.54) is 0 Å². The molecule has 3 nitrogen and oxygen atoms in total. The molecule has 1 aromatic carbocycles. The van der Waals surface area contributed by atoms with E-state index in [2.05, 4.69) is 5.16 Å². The van der Waals surface area contributed by atoms with E-state index in [4.69, 9.17) is 10.6 Å². The topological polar surface area (TPSA) is 47.6 Å². The summed E-state index contributed by atoms with van der Waals surface area (Å²) in [6.45, 7) is 4.20. The van der Waals surface area contributed by atoms with Gasteiger partial charge in [0.1, 0.15) is 6.61 Å². The molecule has 0 saturated heterocycles. The van der Waals surface area contributed by atoms with Crippen molar-refractivity contribution in [2.75, 3.05) is 6.61 Å². The molecule has 0 fully saturated rings. The van der Waals surface area contributed by atoms with Crippen molar-refractivity contribution in [3.8, 4) is 0 Å². The first-order valence-corrected chi connectivity index (χ1v) is 4.57. The number of nitrogens with zero attached hydrogens (tertiary/aromatic N) is 1. The van der Waals surface area contributed by atoms with E-state index in [0.717, 1.165) is 5.56 Å². The van der Waals surface area contributed by atoms with Crippen LogP contribution in [-0.2, 0) is 4.84 Å². The summed E-state index contributed by atoms with van der Waals surface area (Å²) < 4.78 is 0. The van der Waals surface area contributed by atoms with Crippen molar-refractivity contribution in [2.24, 2.45) is 10.9 Å². The van der Waals surface area contributed by atoms with Gasteiger partial charge in [0.05, 0.1) is 6.21 Å². The van der Waals surface area contributed by atoms with Gasteiger partial charge in [0.15, 0.2) is 0 Å². The Morgan fingerprint density at radius 3 is 2.57 bits per heavy atom. The van der Waals surface area contributed by atoms with Crippen LogP contribution in [0.1, 0.15) is 19.4 Å². The minimum Gasteiger partial charge on any atom is -0.394 e. The molecule has 0 aromatic heterocycles. The van der Waals surface area contributed by atoms with Crippen LogP contribution >= 0.6 is 0 Å². The van der Waals surface area contributed by atoms with Gasteiger partial charge in [0.2, 0.25) is 0 Å². The molecule has 0 aliphatic carbocycles. The van der Waals surface area contributed by atoms with Gasteiger partial charge in [-0.05, 0) is 19.4 Å². The van der Waals surface area contributed by atoms with E-state index in [0.29, 0.717) is 6.61 Å². The lowest BCUT2D eigenvalue weighted by Crippen LogP contribution is -2.36. The molecule has 76 valence electrons. The van der Waals surface area contributed by atoms with E-state index in [1.807, 2.05) is 44.2 Å². The van der Waals surface area contributed by atoms with Gasteiger partial charge in [-0.25, -0.2) is 0 Å². The zero-order valence-corrected chi connectivity index (χ0v) is 8.60. The quantitative estimate of drug-likeness (QED) is 0.584. The average Bonchev–Trinajstić information content (AvgIpc) is 2.13. The van der Waals surface area contributed by atoms with Crippen molar-refractivity contribution in [1.82, 2.24) is 0 Å². The van der Waals surface area contributed by atoms with Crippen LogP contribution in [0.15, 0.2) is 35.5 Å². The van der Waals surface area contributed by atoms with Crippen LogP contribution in [0.25, 0.3) is 0 Å². The van der Waals surface area contributed by atoms with Crippen molar-refractivity contribution in [2.45, 2.75) is 19.4 Å². The fourth-order valence-electron chi connectivity index (χ4n) is 0.841. The smallest absolute Gasteiger partial charge is 0.134 e. The van der Waals surface area contributed by atoms with Crippen LogP contribution < -0.4 is 5.73 Å². The number of oxime groups is 1.